The highest BCUT2D eigenvalue weighted by Gasteiger charge is 2.42. The summed E-state index contributed by atoms with van der Waals surface area (Å²) in [5.74, 6) is 0.797. The van der Waals surface area contributed by atoms with Crippen molar-refractivity contribution in [1.82, 2.24) is 25.5 Å². The van der Waals surface area contributed by atoms with Gasteiger partial charge in [0, 0.05) is 25.3 Å². The molecule has 4 heterocycles. The minimum atomic E-state index is -0.970. The fourth-order valence-electron chi connectivity index (χ4n) is 4.61. The molecule has 2 aliphatic rings. The number of fused-ring (bicyclic) bond motifs is 2. The monoisotopic (exact) mass is 451 g/mol. The van der Waals surface area contributed by atoms with Gasteiger partial charge in [-0.1, -0.05) is 12.5 Å². The van der Waals surface area contributed by atoms with Crippen molar-refractivity contribution in [2.45, 2.75) is 50.0 Å². The summed E-state index contributed by atoms with van der Waals surface area (Å²) >= 11 is 1.25. The van der Waals surface area contributed by atoms with E-state index in [1.54, 1.807) is 24.5 Å². The zero-order valence-corrected chi connectivity index (χ0v) is 18.3. The van der Waals surface area contributed by atoms with E-state index in [-0.39, 0.29) is 23.7 Å². The third-order valence-corrected chi connectivity index (χ3v) is 7.28. The molecular weight excluding hydrogens is 429 g/mol. The molecule has 3 aromatic rings. The Kier molecular flexibility index (Phi) is 5.45. The molecule has 2 saturated heterocycles. The first kappa shape index (κ1) is 20.7. The van der Waals surface area contributed by atoms with Crippen molar-refractivity contribution >= 4 is 17.2 Å². The van der Waals surface area contributed by atoms with Crippen LogP contribution in [-0.4, -0.2) is 56.6 Å². The van der Waals surface area contributed by atoms with Crippen molar-refractivity contribution < 1.29 is 9.50 Å². The fraction of sp³-hybridized carbons (Fsp3) is 0.409. The van der Waals surface area contributed by atoms with Crippen LogP contribution >= 0.6 is 11.3 Å². The van der Waals surface area contributed by atoms with Crippen molar-refractivity contribution in [1.29, 1.82) is 5.26 Å². The molecule has 2 N–H and O–H groups in total. The summed E-state index contributed by atoms with van der Waals surface area (Å²) in [7, 11) is 1.83. The van der Waals surface area contributed by atoms with E-state index in [1.165, 1.54) is 11.3 Å². The average Bonchev–Trinajstić information content (AvgIpc) is 3.31. The van der Waals surface area contributed by atoms with Gasteiger partial charge in [-0.2, -0.15) is 5.26 Å². The summed E-state index contributed by atoms with van der Waals surface area (Å²) in [5.41, 5.74) is 1.19. The number of hydrogen-bond donors (Lipinski definition) is 2. The van der Waals surface area contributed by atoms with Crippen molar-refractivity contribution in [2.24, 2.45) is 0 Å². The Morgan fingerprint density at radius 3 is 2.84 bits per heavy atom. The molecule has 0 spiro atoms. The van der Waals surface area contributed by atoms with Crippen LogP contribution in [0.3, 0.4) is 0 Å². The number of nitriles is 1. The molecule has 5 rings (SSSR count). The molecule has 0 aliphatic carbocycles. The van der Waals surface area contributed by atoms with Gasteiger partial charge in [-0.05, 0) is 37.0 Å². The number of anilines is 1. The third kappa shape index (κ3) is 3.78. The Balaban J connectivity index is 1.35. The molecule has 1 aromatic carbocycles. The number of phenols is 1. The topological polar surface area (TPSA) is 111 Å². The van der Waals surface area contributed by atoms with Gasteiger partial charge in [-0.25, -0.2) is 14.4 Å². The minimum Gasteiger partial charge on any atom is -0.507 e. The Labute approximate surface area is 188 Å². The summed E-state index contributed by atoms with van der Waals surface area (Å²) in [5, 5.41) is 31.7. The normalized spacial score (nSPS) is 24.7. The van der Waals surface area contributed by atoms with Gasteiger partial charge >= 0.3 is 0 Å². The van der Waals surface area contributed by atoms with Crippen LogP contribution in [0.5, 0.6) is 5.75 Å². The minimum absolute atomic E-state index is 0.00677. The SMILES string of the molecule is CN(c1cnc(-c2ccc(-c3cnc(C#N)s3)cc2O)nn1)[C@H]1C[C@H]2CCC[C@H](N2)[C@H]1F. The number of piperidine rings is 2. The summed E-state index contributed by atoms with van der Waals surface area (Å²) in [6.07, 6.45) is 5.94. The number of phenolic OH excluding ortho intramolecular Hbond substituents is 1. The lowest BCUT2D eigenvalue weighted by Crippen LogP contribution is -2.61. The van der Waals surface area contributed by atoms with Crippen molar-refractivity contribution in [3.8, 4) is 33.6 Å². The Bertz CT molecular complexity index is 1160. The first-order valence-corrected chi connectivity index (χ1v) is 11.4. The van der Waals surface area contributed by atoms with E-state index in [0.29, 0.717) is 22.4 Å². The molecule has 32 heavy (non-hydrogen) atoms. The molecule has 0 radical (unpaired) electrons. The zero-order valence-electron chi connectivity index (χ0n) is 17.4. The van der Waals surface area contributed by atoms with Gasteiger partial charge in [0.15, 0.2) is 16.6 Å². The maximum atomic E-state index is 15.0. The molecule has 164 valence electrons. The number of rotatable bonds is 4. The summed E-state index contributed by atoms with van der Waals surface area (Å²) in [6, 6.07) is 7.09. The molecule has 4 atom stereocenters. The Hall–Kier alpha value is -3.16. The van der Waals surface area contributed by atoms with E-state index in [2.05, 4.69) is 25.5 Å². The molecule has 0 unspecified atom stereocenters. The quantitative estimate of drug-likeness (QED) is 0.622. The van der Waals surface area contributed by atoms with Crippen LogP contribution < -0.4 is 10.2 Å². The van der Waals surface area contributed by atoms with Crippen LogP contribution in [0.2, 0.25) is 0 Å². The van der Waals surface area contributed by atoms with Crippen molar-refractivity contribution in [3.63, 3.8) is 0 Å². The summed E-state index contributed by atoms with van der Waals surface area (Å²) in [6.45, 7) is 0. The molecule has 2 fully saturated rings. The number of nitrogens with zero attached hydrogens (tertiary/aromatic N) is 6. The van der Waals surface area contributed by atoms with Crippen LogP contribution in [0.4, 0.5) is 10.2 Å². The number of aromatic hydroxyl groups is 1. The first-order valence-electron chi connectivity index (χ1n) is 10.6. The van der Waals surface area contributed by atoms with Crippen LogP contribution in [-0.2, 0) is 0 Å². The molecule has 10 heteroatoms. The largest absolute Gasteiger partial charge is 0.507 e. The zero-order chi connectivity index (χ0) is 22.2. The van der Waals surface area contributed by atoms with Crippen LogP contribution in [0.1, 0.15) is 30.7 Å². The maximum absolute atomic E-state index is 15.0. The van der Waals surface area contributed by atoms with Gasteiger partial charge in [0.25, 0.3) is 0 Å². The predicted molar refractivity (Wildman–Crippen MR) is 119 cm³/mol. The number of thiazole rings is 1. The predicted octanol–water partition coefficient (Wildman–Crippen LogP) is 3.30. The summed E-state index contributed by atoms with van der Waals surface area (Å²) in [4.78, 5) is 11.0. The Morgan fingerprint density at radius 2 is 2.12 bits per heavy atom. The van der Waals surface area contributed by atoms with Crippen LogP contribution in [0.25, 0.3) is 21.8 Å². The van der Waals surface area contributed by atoms with Crippen molar-refractivity contribution in [3.05, 3.63) is 35.6 Å². The van der Waals surface area contributed by atoms with Gasteiger partial charge in [0.2, 0.25) is 0 Å². The molecule has 2 bridgehead atoms. The second-order valence-electron chi connectivity index (χ2n) is 8.27. The standard InChI is InChI=1S/C22H22FN7OS/c1-30(16-8-13-3-2-4-15(27-13)21(16)23)19-11-26-22(29-28-19)14-6-5-12(7-17(14)31)18-10-25-20(9-24)32-18/h5-7,10-11,13,15-16,21,27,31H,2-4,8H2,1H3/t13-,15+,16+,21-/m1/s1. The van der Waals surface area contributed by atoms with E-state index >= 15 is 4.39 Å². The van der Waals surface area contributed by atoms with E-state index in [1.807, 2.05) is 24.1 Å². The highest BCUT2D eigenvalue weighted by molar-refractivity contribution is 7.15. The molecule has 0 amide bonds. The summed E-state index contributed by atoms with van der Waals surface area (Å²) < 4.78 is 15.0. The number of aromatic nitrogens is 4. The molecular formula is C22H22FN7OS. The first-order chi connectivity index (χ1) is 15.5. The number of alkyl halides is 1. The fourth-order valence-corrected chi connectivity index (χ4v) is 5.32. The number of halogens is 1. The lowest BCUT2D eigenvalue weighted by atomic mass is 9.82. The molecule has 2 aromatic heterocycles. The molecule has 8 nitrogen and oxygen atoms in total. The average molecular weight is 452 g/mol. The van der Waals surface area contributed by atoms with E-state index in [0.717, 1.165) is 36.1 Å². The van der Waals surface area contributed by atoms with Gasteiger partial charge in [0.1, 0.15) is 18.0 Å². The maximum Gasteiger partial charge on any atom is 0.194 e. The Morgan fingerprint density at radius 1 is 1.25 bits per heavy atom. The number of hydrogen-bond acceptors (Lipinski definition) is 9. The van der Waals surface area contributed by atoms with E-state index in [4.69, 9.17) is 5.26 Å². The van der Waals surface area contributed by atoms with Gasteiger partial charge in [-0.15, -0.1) is 21.5 Å². The van der Waals surface area contributed by atoms with Crippen LogP contribution in [0, 0.1) is 11.3 Å². The second kappa shape index (κ2) is 8.41. The van der Waals surface area contributed by atoms with E-state index in [9.17, 15) is 5.11 Å². The molecule has 2 aliphatic heterocycles. The van der Waals surface area contributed by atoms with Gasteiger partial charge < -0.3 is 15.3 Å². The lowest BCUT2D eigenvalue weighted by molar-refractivity contribution is 0.107. The second-order valence-corrected chi connectivity index (χ2v) is 9.30. The highest BCUT2D eigenvalue weighted by Crippen LogP contribution is 2.35. The van der Waals surface area contributed by atoms with E-state index < -0.39 is 6.17 Å². The van der Waals surface area contributed by atoms with Gasteiger partial charge in [0.05, 0.1) is 22.7 Å². The number of benzene rings is 1. The highest BCUT2D eigenvalue weighted by atomic mass is 32.1. The molecule has 0 saturated carbocycles. The number of nitrogens with one attached hydrogen (secondary N) is 1. The van der Waals surface area contributed by atoms with Crippen molar-refractivity contribution in [2.75, 3.05) is 11.9 Å². The van der Waals surface area contributed by atoms with Crippen LogP contribution in [0.15, 0.2) is 30.6 Å². The smallest absolute Gasteiger partial charge is 0.194 e. The lowest BCUT2D eigenvalue weighted by Gasteiger charge is -2.45. The third-order valence-electron chi connectivity index (χ3n) is 6.33. The van der Waals surface area contributed by atoms with Gasteiger partial charge in [-0.3, -0.25) is 0 Å².